The van der Waals surface area contributed by atoms with Gasteiger partial charge in [-0.2, -0.15) is 0 Å². The zero-order valence-electron chi connectivity index (χ0n) is 14.9. The van der Waals surface area contributed by atoms with Crippen molar-refractivity contribution in [2.75, 3.05) is 7.11 Å². The van der Waals surface area contributed by atoms with E-state index in [9.17, 15) is 0 Å². The first-order chi connectivity index (χ1) is 11.5. The second kappa shape index (κ2) is 6.52. The molecule has 0 bridgehead atoms. The van der Waals surface area contributed by atoms with Gasteiger partial charge in [-0.3, -0.25) is 0 Å². The summed E-state index contributed by atoms with van der Waals surface area (Å²) in [7, 11) is 1.68. The molecule has 3 heteroatoms. The van der Waals surface area contributed by atoms with Crippen LogP contribution in [0.2, 0.25) is 0 Å². The molecule has 0 aliphatic carbocycles. The highest BCUT2D eigenvalue weighted by molar-refractivity contribution is 5.90. The number of aryl methyl sites for hydroxylation is 2. The van der Waals surface area contributed by atoms with Crippen LogP contribution >= 0.6 is 0 Å². The molecule has 0 saturated heterocycles. The van der Waals surface area contributed by atoms with E-state index in [0.717, 1.165) is 28.1 Å². The lowest BCUT2D eigenvalue weighted by atomic mass is 9.99. The molecule has 0 atom stereocenters. The summed E-state index contributed by atoms with van der Waals surface area (Å²) in [6.07, 6.45) is 0. The van der Waals surface area contributed by atoms with Gasteiger partial charge in [0.2, 0.25) is 0 Å². The number of methoxy groups -OCH3 is 1. The number of aromatic nitrogens is 1. The fourth-order valence-electron chi connectivity index (χ4n) is 2.92. The lowest BCUT2D eigenvalue weighted by molar-refractivity contribution is 0.308. The maximum absolute atomic E-state index is 6.12. The monoisotopic (exact) mass is 321 g/mol. The minimum absolute atomic E-state index is 0.532. The van der Waals surface area contributed by atoms with Gasteiger partial charge in [0.1, 0.15) is 23.6 Å². The molecule has 0 amide bonds. The molecule has 3 aromatic rings. The van der Waals surface area contributed by atoms with Crippen LogP contribution in [0.4, 0.5) is 0 Å². The molecule has 3 rings (SSSR count). The molecule has 1 aromatic heterocycles. The van der Waals surface area contributed by atoms with E-state index in [0.29, 0.717) is 6.61 Å². The van der Waals surface area contributed by atoms with Crippen LogP contribution in [0.1, 0.15) is 27.9 Å². The number of para-hydroxylation sites is 1. The predicted octanol–water partition coefficient (Wildman–Crippen LogP) is 5.06. The summed E-state index contributed by atoms with van der Waals surface area (Å²) < 4.78 is 11.6. The highest BCUT2D eigenvalue weighted by Crippen LogP contribution is 2.32. The SMILES string of the molecule is COc1cc(C)nc2c(OCc3ccc(C)c(C)c3C)cccc12. The molecule has 3 nitrogen and oxygen atoms in total. The van der Waals surface area contributed by atoms with Crippen molar-refractivity contribution in [3.05, 3.63) is 64.3 Å². The molecule has 0 N–H and O–H groups in total. The van der Waals surface area contributed by atoms with Gasteiger partial charge in [0.05, 0.1) is 7.11 Å². The van der Waals surface area contributed by atoms with E-state index in [-0.39, 0.29) is 0 Å². The molecule has 0 fully saturated rings. The summed E-state index contributed by atoms with van der Waals surface area (Å²) in [5.74, 6) is 1.61. The summed E-state index contributed by atoms with van der Waals surface area (Å²) in [4.78, 5) is 4.65. The first kappa shape index (κ1) is 16.3. The smallest absolute Gasteiger partial charge is 0.146 e. The van der Waals surface area contributed by atoms with Crippen LogP contribution in [0.15, 0.2) is 36.4 Å². The Morgan fingerprint density at radius 3 is 2.46 bits per heavy atom. The van der Waals surface area contributed by atoms with Crippen molar-refractivity contribution in [2.24, 2.45) is 0 Å². The van der Waals surface area contributed by atoms with E-state index in [1.54, 1.807) is 7.11 Å². The standard InChI is InChI=1S/C21H23NO2/c1-13-9-10-17(16(4)15(13)3)12-24-19-8-6-7-18-20(23-5)11-14(2)22-21(18)19/h6-11H,12H2,1-5H3. The van der Waals surface area contributed by atoms with Crippen molar-refractivity contribution in [3.63, 3.8) is 0 Å². The molecule has 124 valence electrons. The summed E-state index contributed by atoms with van der Waals surface area (Å²) in [6, 6.07) is 12.2. The zero-order chi connectivity index (χ0) is 17.3. The zero-order valence-corrected chi connectivity index (χ0v) is 14.9. The lowest BCUT2D eigenvalue weighted by Gasteiger charge is -2.14. The molecule has 2 aromatic carbocycles. The van der Waals surface area contributed by atoms with Crippen molar-refractivity contribution in [1.29, 1.82) is 0 Å². The fourth-order valence-corrected chi connectivity index (χ4v) is 2.92. The quantitative estimate of drug-likeness (QED) is 0.673. The third-order valence-corrected chi connectivity index (χ3v) is 4.67. The van der Waals surface area contributed by atoms with Gasteiger partial charge in [-0.05, 0) is 62.1 Å². The summed E-state index contributed by atoms with van der Waals surface area (Å²) >= 11 is 0. The van der Waals surface area contributed by atoms with E-state index in [2.05, 4.69) is 37.9 Å². The number of ether oxygens (including phenoxy) is 2. The largest absolute Gasteiger partial charge is 0.496 e. The van der Waals surface area contributed by atoms with Crippen LogP contribution in [0.25, 0.3) is 10.9 Å². The Morgan fingerprint density at radius 2 is 1.71 bits per heavy atom. The number of rotatable bonds is 4. The molecule has 1 heterocycles. The van der Waals surface area contributed by atoms with Crippen molar-refractivity contribution in [2.45, 2.75) is 34.3 Å². The molecule has 0 aliphatic heterocycles. The van der Waals surface area contributed by atoms with Crippen molar-refractivity contribution in [1.82, 2.24) is 4.98 Å². The van der Waals surface area contributed by atoms with Crippen LogP contribution in [0.3, 0.4) is 0 Å². The summed E-state index contributed by atoms with van der Waals surface area (Å²) in [5.41, 5.74) is 6.88. The second-order valence-electron chi connectivity index (χ2n) is 6.20. The Bertz CT molecular complexity index is 900. The van der Waals surface area contributed by atoms with Crippen LogP contribution in [0.5, 0.6) is 11.5 Å². The third kappa shape index (κ3) is 2.94. The van der Waals surface area contributed by atoms with Gasteiger partial charge in [-0.1, -0.05) is 18.2 Å². The normalized spacial score (nSPS) is 10.9. The number of benzene rings is 2. The second-order valence-corrected chi connectivity index (χ2v) is 6.20. The Morgan fingerprint density at radius 1 is 0.917 bits per heavy atom. The molecular weight excluding hydrogens is 298 g/mol. The molecule has 24 heavy (non-hydrogen) atoms. The van der Waals surface area contributed by atoms with Gasteiger partial charge in [0.25, 0.3) is 0 Å². The molecule has 0 spiro atoms. The molecular formula is C21H23NO2. The average Bonchev–Trinajstić information content (AvgIpc) is 2.58. The van der Waals surface area contributed by atoms with Crippen molar-refractivity contribution >= 4 is 10.9 Å². The number of hydrogen-bond donors (Lipinski definition) is 0. The van der Waals surface area contributed by atoms with Gasteiger partial charge in [-0.25, -0.2) is 4.98 Å². The molecule has 0 aliphatic rings. The average molecular weight is 321 g/mol. The topological polar surface area (TPSA) is 31.4 Å². The number of pyridine rings is 1. The van der Waals surface area contributed by atoms with Crippen molar-refractivity contribution < 1.29 is 9.47 Å². The predicted molar refractivity (Wildman–Crippen MR) is 98.0 cm³/mol. The lowest BCUT2D eigenvalue weighted by Crippen LogP contribution is -2.02. The van der Waals surface area contributed by atoms with E-state index in [1.807, 2.05) is 31.2 Å². The number of hydrogen-bond acceptors (Lipinski definition) is 3. The summed E-state index contributed by atoms with van der Waals surface area (Å²) in [6.45, 7) is 8.93. The van der Waals surface area contributed by atoms with E-state index >= 15 is 0 Å². The van der Waals surface area contributed by atoms with E-state index in [4.69, 9.17) is 9.47 Å². The minimum Gasteiger partial charge on any atom is -0.496 e. The minimum atomic E-state index is 0.532. The molecule has 0 radical (unpaired) electrons. The highest BCUT2D eigenvalue weighted by Gasteiger charge is 2.11. The highest BCUT2D eigenvalue weighted by atomic mass is 16.5. The first-order valence-corrected chi connectivity index (χ1v) is 8.14. The number of nitrogens with zero attached hydrogens (tertiary/aromatic N) is 1. The maximum atomic E-state index is 6.12. The van der Waals surface area contributed by atoms with E-state index in [1.165, 1.54) is 22.3 Å². The van der Waals surface area contributed by atoms with Crippen LogP contribution in [-0.4, -0.2) is 12.1 Å². The van der Waals surface area contributed by atoms with Crippen LogP contribution in [-0.2, 0) is 6.61 Å². The van der Waals surface area contributed by atoms with Gasteiger partial charge in [-0.15, -0.1) is 0 Å². The molecule has 0 unspecified atom stereocenters. The van der Waals surface area contributed by atoms with E-state index < -0.39 is 0 Å². The van der Waals surface area contributed by atoms with Gasteiger partial charge < -0.3 is 9.47 Å². The Labute approximate surface area is 143 Å². The third-order valence-electron chi connectivity index (χ3n) is 4.67. The summed E-state index contributed by atoms with van der Waals surface area (Å²) in [5, 5.41) is 0.970. The molecule has 0 saturated carbocycles. The van der Waals surface area contributed by atoms with Gasteiger partial charge >= 0.3 is 0 Å². The number of fused-ring (bicyclic) bond motifs is 1. The Balaban J connectivity index is 1.97. The van der Waals surface area contributed by atoms with Gasteiger partial charge in [0.15, 0.2) is 0 Å². The Kier molecular flexibility index (Phi) is 4.43. The maximum Gasteiger partial charge on any atom is 0.146 e. The van der Waals surface area contributed by atoms with Crippen LogP contribution < -0.4 is 9.47 Å². The Hall–Kier alpha value is -2.55. The van der Waals surface area contributed by atoms with Crippen molar-refractivity contribution in [3.8, 4) is 11.5 Å². The first-order valence-electron chi connectivity index (χ1n) is 8.14. The van der Waals surface area contributed by atoms with Gasteiger partial charge in [0, 0.05) is 17.1 Å². The fraction of sp³-hybridized carbons (Fsp3) is 0.286. The van der Waals surface area contributed by atoms with Crippen LogP contribution in [0, 0.1) is 27.7 Å².